The van der Waals surface area contributed by atoms with Gasteiger partial charge in [-0.05, 0) is 44.4 Å². The van der Waals surface area contributed by atoms with Crippen LogP contribution in [0.2, 0.25) is 0 Å². The molecule has 3 heterocycles. The van der Waals surface area contributed by atoms with Gasteiger partial charge >= 0.3 is 0 Å². The summed E-state index contributed by atoms with van der Waals surface area (Å²) in [7, 11) is 1.66. The number of fused-ring (bicyclic) bond motifs is 3. The molecule has 110 valence electrons. The third kappa shape index (κ3) is 2.03. The minimum Gasteiger partial charge on any atom is -0.396 e. The van der Waals surface area contributed by atoms with Crippen LogP contribution in [-0.4, -0.2) is 36.5 Å². The number of ether oxygens (including phenoxy) is 2. The lowest BCUT2D eigenvalue weighted by atomic mass is 9.65. The van der Waals surface area contributed by atoms with E-state index >= 15 is 0 Å². The van der Waals surface area contributed by atoms with Crippen molar-refractivity contribution >= 4 is 0 Å². The van der Waals surface area contributed by atoms with Crippen LogP contribution in [0.5, 0.6) is 0 Å². The molecule has 5 atom stereocenters. The van der Waals surface area contributed by atoms with Crippen molar-refractivity contribution in [2.75, 3.05) is 13.7 Å². The molecule has 5 heteroatoms. The van der Waals surface area contributed by atoms with Crippen molar-refractivity contribution in [3.8, 4) is 0 Å². The molecule has 0 unspecified atom stereocenters. The van der Waals surface area contributed by atoms with Gasteiger partial charge in [0.25, 0.3) is 0 Å². The van der Waals surface area contributed by atoms with Gasteiger partial charge in [0.1, 0.15) is 0 Å². The molecule has 3 saturated heterocycles. The molecule has 1 spiro atoms. The Morgan fingerprint density at radius 1 is 1.26 bits per heavy atom. The zero-order valence-corrected chi connectivity index (χ0v) is 11.8. The number of aliphatic hydroxyl groups is 1. The van der Waals surface area contributed by atoms with Gasteiger partial charge in [0.05, 0.1) is 0 Å². The minimum atomic E-state index is -0.701. The molecule has 0 aromatic carbocycles. The van der Waals surface area contributed by atoms with Crippen LogP contribution in [0, 0.1) is 11.8 Å². The van der Waals surface area contributed by atoms with Crippen molar-refractivity contribution in [2.24, 2.45) is 11.8 Å². The molecule has 0 radical (unpaired) electrons. The number of methoxy groups -OCH3 is 1. The zero-order chi connectivity index (χ0) is 13.5. The smallest absolute Gasteiger partial charge is 0.201 e. The first kappa shape index (κ1) is 13.8. The summed E-state index contributed by atoms with van der Waals surface area (Å²) in [6.45, 7) is 2.07. The van der Waals surface area contributed by atoms with Gasteiger partial charge in [0.2, 0.25) is 5.79 Å². The highest BCUT2D eigenvalue weighted by Gasteiger charge is 2.63. The maximum absolute atomic E-state index is 9.33. The molecular weight excluding hydrogens is 248 g/mol. The molecule has 1 aliphatic carbocycles. The Balaban J connectivity index is 1.97. The van der Waals surface area contributed by atoms with Crippen LogP contribution < -0.4 is 0 Å². The van der Waals surface area contributed by atoms with Gasteiger partial charge in [0.15, 0.2) is 11.9 Å². The normalized spacial score (nSPS) is 49.7. The molecule has 4 aliphatic rings. The molecule has 4 rings (SSSR count). The van der Waals surface area contributed by atoms with Crippen molar-refractivity contribution < 1.29 is 24.4 Å². The molecule has 0 aromatic rings. The van der Waals surface area contributed by atoms with Crippen LogP contribution in [-0.2, 0) is 19.2 Å². The molecule has 4 fully saturated rings. The maximum Gasteiger partial charge on any atom is 0.201 e. The van der Waals surface area contributed by atoms with Crippen molar-refractivity contribution in [1.29, 1.82) is 0 Å². The van der Waals surface area contributed by atoms with E-state index in [1.807, 2.05) is 6.92 Å². The van der Waals surface area contributed by atoms with Crippen LogP contribution in [0.25, 0.3) is 0 Å². The quantitative estimate of drug-likeness (QED) is 0.796. The molecule has 19 heavy (non-hydrogen) atoms. The van der Waals surface area contributed by atoms with Gasteiger partial charge in [-0.3, -0.25) is 0 Å². The van der Waals surface area contributed by atoms with Gasteiger partial charge in [-0.1, -0.05) is 6.42 Å². The zero-order valence-electron chi connectivity index (χ0n) is 11.8. The first-order chi connectivity index (χ1) is 9.14. The fourth-order valence-corrected chi connectivity index (χ4v) is 4.12. The molecular formula is C14H24O5. The summed E-state index contributed by atoms with van der Waals surface area (Å²) in [4.78, 5) is 11.5. The van der Waals surface area contributed by atoms with E-state index in [0.29, 0.717) is 12.3 Å². The van der Waals surface area contributed by atoms with Crippen LogP contribution in [0.4, 0.5) is 0 Å². The van der Waals surface area contributed by atoms with E-state index in [1.165, 1.54) is 6.42 Å². The van der Waals surface area contributed by atoms with E-state index in [0.717, 1.165) is 25.7 Å². The Morgan fingerprint density at radius 3 is 2.84 bits per heavy atom. The number of hydrogen-bond acceptors (Lipinski definition) is 5. The van der Waals surface area contributed by atoms with E-state index in [4.69, 9.17) is 19.2 Å². The Labute approximate surface area is 114 Å². The Bertz CT molecular complexity index is 325. The average molecular weight is 272 g/mol. The van der Waals surface area contributed by atoms with Gasteiger partial charge in [-0.15, -0.1) is 0 Å². The van der Waals surface area contributed by atoms with Crippen LogP contribution in [0.1, 0.15) is 45.4 Å². The summed E-state index contributed by atoms with van der Waals surface area (Å²) in [6.07, 6.45) is 5.47. The highest BCUT2D eigenvalue weighted by Crippen LogP contribution is 2.55. The Hall–Kier alpha value is -0.200. The molecule has 1 N–H and O–H groups in total. The highest BCUT2D eigenvalue weighted by molar-refractivity contribution is 5.03. The molecule has 5 nitrogen and oxygen atoms in total. The van der Waals surface area contributed by atoms with Gasteiger partial charge in [-0.25, -0.2) is 9.78 Å². The van der Waals surface area contributed by atoms with E-state index < -0.39 is 17.7 Å². The third-order valence-electron chi connectivity index (χ3n) is 5.11. The minimum absolute atomic E-state index is 0.163. The van der Waals surface area contributed by atoms with E-state index in [9.17, 15) is 5.11 Å². The standard InChI is InChI=1S/C14H24O5/c1-13-8-6-10-4-3-5-11(7-9-15)14(10,19-18-13)12(16-2)17-13/h10-12,15H,3-9H2,1-2H3/t10-,11+,12+,13+,14-/m1/s1. The van der Waals surface area contributed by atoms with Crippen molar-refractivity contribution in [3.63, 3.8) is 0 Å². The van der Waals surface area contributed by atoms with Gasteiger partial charge in [-0.2, -0.15) is 0 Å². The van der Waals surface area contributed by atoms with Crippen molar-refractivity contribution in [2.45, 2.75) is 63.1 Å². The number of aliphatic hydroxyl groups excluding tert-OH is 1. The lowest BCUT2D eigenvalue weighted by Gasteiger charge is -2.53. The molecule has 3 aliphatic heterocycles. The Kier molecular flexibility index (Phi) is 3.60. The van der Waals surface area contributed by atoms with Gasteiger partial charge in [0, 0.05) is 20.1 Å². The molecule has 1 saturated carbocycles. The van der Waals surface area contributed by atoms with E-state index in [1.54, 1.807) is 7.11 Å². The SMILES string of the molecule is CO[C@H]1O[C@]2(C)CC[C@H]3CCC[C@@H](CCO)[C@]31OO2. The first-order valence-corrected chi connectivity index (χ1v) is 7.33. The fraction of sp³-hybridized carbons (Fsp3) is 1.00. The highest BCUT2D eigenvalue weighted by atomic mass is 17.3. The van der Waals surface area contributed by atoms with Gasteiger partial charge < -0.3 is 14.6 Å². The predicted octanol–water partition coefficient (Wildman–Crippen LogP) is 1.98. The third-order valence-corrected chi connectivity index (χ3v) is 5.11. The summed E-state index contributed by atoms with van der Waals surface area (Å²) >= 11 is 0. The number of rotatable bonds is 3. The summed E-state index contributed by atoms with van der Waals surface area (Å²) in [5.41, 5.74) is -0.550. The van der Waals surface area contributed by atoms with E-state index in [2.05, 4.69) is 0 Å². The second-order valence-corrected chi connectivity index (χ2v) is 6.22. The lowest BCUT2D eigenvalue weighted by Crippen LogP contribution is -2.63. The second kappa shape index (κ2) is 4.97. The topological polar surface area (TPSA) is 57.2 Å². The summed E-state index contributed by atoms with van der Waals surface area (Å²) in [5.74, 6) is -0.0940. The summed E-state index contributed by atoms with van der Waals surface area (Å²) in [6, 6.07) is 0. The van der Waals surface area contributed by atoms with Crippen molar-refractivity contribution in [3.05, 3.63) is 0 Å². The molecule has 0 amide bonds. The predicted molar refractivity (Wildman–Crippen MR) is 67.0 cm³/mol. The largest absolute Gasteiger partial charge is 0.396 e. The number of hydrogen-bond donors (Lipinski definition) is 1. The summed E-state index contributed by atoms with van der Waals surface area (Å²) in [5, 5.41) is 9.33. The molecule has 2 bridgehead atoms. The van der Waals surface area contributed by atoms with Crippen LogP contribution in [0.15, 0.2) is 0 Å². The molecule has 0 aromatic heterocycles. The van der Waals surface area contributed by atoms with Crippen LogP contribution >= 0.6 is 0 Å². The average Bonchev–Trinajstić information content (AvgIpc) is 2.64. The fourth-order valence-electron chi connectivity index (χ4n) is 4.12. The maximum atomic E-state index is 9.33. The van der Waals surface area contributed by atoms with E-state index in [-0.39, 0.29) is 12.5 Å². The first-order valence-electron chi connectivity index (χ1n) is 7.33. The van der Waals surface area contributed by atoms with Crippen LogP contribution in [0.3, 0.4) is 0 Å². The lowest BCUT2D eigenvalue weighted by molar-refractivity contribution is -0.554. The summed E-state index contributed by atoms with van der Waals surface area (Å²) < 4.78 is 11.6. The Morgan fingerprint density at radius 2 is 2.11 bits per heavy atom. The van der Waals surface area contributed by atoms with Crippen molar-refractivity contribution in [1.82, 2.24) is 0 Å². The second-order valence-electron chi connectivity index (χ2n) is 6.22. The monoisotopic (exact) mass is 272 g/mol.